The van der Waals surface area contributed by atoms with Crippen molar-refractivity contribution in [1.82, 2.24) is 0 Å². The van der Waals surface area contributed by atoms with Crippen LogP contribution in [0.4, 0.5) is 0 Å². The van der Waals surface area contributed by atoms with Gasteiger partial charge in [-0.2, -0.15) is 0 Å². The molecule has 91 heavy (non-hydrogen) atoms. The quantitative estimate of drug-likeness (QED) is 0.0211. The summed E-state index contributed by atoms with van der Waals surface area (Å²) in [7, 11) is 5.98. The Morgan fingerprint density at radius 3 is 0.934 bits per heavy atom. The lowest BCUT2D eigenvalue weighted by atomic mass is 10.0. The molecule has 2 atom stereocenters. The Labute approximate surface area is 564 Å². The molecule has 0 aromatic heterocycles. The van der Waals surface area contributed by atoms with E-state index in [0.29, 0.717) is 23.9 Å². The zero-order valence-electron chi connectivity index (χ0n) is 60.8. The molecule has 530 valence electrons. The van der Waals surface area contributed by atoms with Crippen molar-refractivity contribution in [1.29, 1.82) is 0 Å². The van der Waals surface area contributed by atoms with E-state index in [0.717, 1.165) is 83.5 Å². The van der Waals surface area contributed by atoms with Crippen LogP contribution in [0.3, 0.4) is 0 Å². The molecule has 0 aliphatic carbocycles. The average molecular weight is 1280 g/mol. The second-order valence-electron chi connectivity index (χ2n) is 27.7. The summed E-state index contributed by atoms with van der Waals surface area (Å²) >= 11 is 0. The predicted molar refractivity (Wildman–Crippen MR) is 392 cm³/mol. The molecule has 0 aliphatic rings. The largest absolute Gasteiger partial charge is 0.477 e. The number of likely N-dealkylation sites (N-methyl/N-ethyl adjacent to an activating group) is 1. The molecule has 0 bridgehead atoms. The number of quaternary nitrogens is 1. The Morgan fingerprint density at radius 2 is 0.626 bits per heavy atom. The number of rotatable bonds is 73. The molecule has 0 rings (SSSR count). The van der Waals surface area contributed by atoms with Crippen LogP contribution in [0.2, 0.25) is 0 Å². The maximum Gasteiger partial charge on any atom is 0.361 e. The third-order valence-electron chi connectivity index (χ3n) is 17.5. The van der Waals surface area contributed by atoms with Crippen LogP contribution in [-0.2, 0) is 33.3 Å². The minimum atomic E-state index is -1.52. The Balaban J connectivity index is 3.99. The maximum atomic E-state index is 13.0. The summed E-state index contributed by atoms with van der Waals surface area (Å²) in [6, 6.07) is 0. The summed E-state index contributed by atoms with van der Waals surface area (Å²) < 4.78 is 23.0. The fraction of sp³-hybridized carbons (Fsp3) is 0.817. The molecule has 0 spiro atoms. The summed E-state index contributed by atoms with van der Waals surface area (Å²) in [6.45, 7) is 4.81. The molecule has 2 unspecified atom stereocenters. The van der Waals surface area contributed by atoms with Crippen LogP contribution in [-0.4, -0.2) is 87.4 Å². The van der Waals surface area contributed by atoms with E-state index in [2.05, 4.69) is 86.8 Å². The van der Waals surface area contributed by atoms with E-state index in [1.807, 2.05) is 21.1 Å². The highest BCUT2D eigenvalue weighted by molar-refractivity contribution is 5.71. The van der Waals surface area contributed by atoms with Gasteiger partial charge < -0.3 is 28.5 Å². The lowest BCUT2D eigenvalue weighted by molar-refractivity contribution is -0.870. The number of nitrogens with zero attached hydrogens (tertiary/aromatic N) is 1. The van der Waals surface area contributed by atoms with Crippen LogP contribution in [0.25, 0.3) is 0 Å². The SMILES string of the molecule is CC/C=C\C/C=C\C/C=C\C/C=C\C/C=C\C/C=C\CCCCCCCCCCC(=O)OC(COC(=O)CCCCCCCCCCCCCCCCCCCCCCCCCCCCCCCCCCCCCCCCC)COC(OCC[N+](C)(C)C)C(=O)O. The molecule has 0 aromatic rings. The number of esters is 2. The van der Waals surface area contributed by atoms with Crippen molar-refractivity contribution in [3.05, 3.63) is 72.9 Å². The van der Waals surface area contributed by atoms with Crippen molar-refractivity contribution in [2.75, 3.05) is 47.5 Å². The molecule has 0 saturated carbocycles. The Morgan fingerprint density at radius 1 is 0.341 bits per heavy atom. The topological polar surface area (TPSA) is 108 Å². The molecule has 0 aromatic carbocycles. The van der Waals surface area contributed by atoms with Gasteiger partial charge in [0.05, 0.1) is 34.4 Å². The highest BCUT2D eigenvalue weighted by Crippen LogP contribution is 2.19. The number of carboxylic acids is 1. The standard InChI is InChI=1S/C82H149NO8/c1-6-8-10-12-14-16-18-20-22-24-26-28-30-32-34-35-36-37-38-39-40-41-42-43-44-45-47-48-50-52-54-56-58-60-62-64-66-68-70-72-79(84)89-76-78(77-90-82(81(86)87)88-75-74-83(3,4)5)91-80(85)73-71-69-67-65-63-61-59-57-55-53-51-49-46-33-31-29-27-25-23-21-19-17-15-13-11-9-7-2/h9,11,15,17,21,23,27,29,33,46,51,53,78,82H,6-8,10,12-14,16,18-20,22,24-26,28,30-32,34-45,47-50,52,54-77H2,1-5H3/p+1/b11-9-,17-15-,23-21-,29-27-,46-33-,53-51-. The minimum absolute atomic E-state index is 0.185. The molecule has 0 radical (unpaired) electrons. The average Bonchev–Trinajstić information content (AvgIpc) is 3.46. The van der Waals surface area contributed by atoms with Gasteiger partial charge in [-0.25, -0.2) is 4.79 Å². The first kappa shape index (κ1) is 87.7. The first-order valence-corrected chi connectivity index (χ1v) is 39.1. The van der Waals surface area contributed by atoms with Gasteiger partial charge in [0.1, 0.15) is 13.2 Å². The van der Waals surface area contributed by atoms with Crippen molar-refractivity contribution >= 4 is 17.9 Å². The van der Waals surface area contributed by atoms with E-state index in [9.17, 15) is 19.5 Å². The van der Waals surface area contributed by atoms with Crippen molar-refractivity contribution in [3.8, 4) is 0 Å². The summed E-state index contributed by atoms with van der Waals surface area (Å²) in [5.74, 6) is -2.00. The van der Waals surface area contributed by atoms with Crippen LogP contribution in [0.1, 0.15) is 373 Å². The lowest BCUT2D eigenvalue weighted by Crippen LogP contribution is -2.40. The van der Waals surface area contributed by atoms with Gasteiger partial charge in [0.15, 0.2) is 6.10 Å². The number of carbonyl (C=O) groups excluding carboxylic acids is 2. The zero-order valence-corrected chi connectivity index (χ0v) is 60.8. The van der Waals surface area contributed by atoms with Gasteiger partial charge in [0, 0.05) is 12.8 Å². The molecule has 0 fully saturated rings. The number of allylic oxidation sites excluding steroid dienone is 12. The maximum absolute atomic E-state index is 13.0. The summed E-state index contributed by atoms with van der Waals surface area (Å²) in [6.07, 6.45) is 94.9. The number of hydrogen-bond donors (Lipinski definition) is 1. The number of aliphatic carboxylic acids is 1. The van der Waals surface area contributed by atoms with Crippen molar-refractivity contribution in [3.63, 3.8) is 0 Å². The van der Waals surface area contributed by atoms with E-state index >= 15 is 0 Å². The highest BCUT2D eigenvalue weighted by atomic mass is 16.7. The third-order valence-corrected chi connectivity index (χ3v) is 17.5. The Bertz CT molecular complexity index is 1730. The van der Waals surface area contributed by atoms with Gasteiger partial charge in [0.25, 0.3) is 6.29 Å². The first-order chi connectivity index (χ1) is 44.6. The fourth-order valence-corrected chi connectivity index (χ4v) is 11.6. The fourth-order valence-electron chi connectivity index (χ4n) is 11.6. The molecule has 9 nitrogen and oxygen atoms in total. The van der Waals surface area contributed by atoms with E-state index in [1.165, 1.54) is 257 Å². The van der Waals surface area contributed by atoms with Gasteiger partial charge in [-0.3, -0.25) is 9.59 Å². The van der Waals surface area contributed by atoms with Crippen LogP contribution in [0.5, 0.6) is 0 Å². The van der Waals surface area contributed by atoms with E-state index in [-0.39, 0.29) is 32.2 Å². The third kappa shape index (κ3) is 74.0. The van der Waals surface area contributed by atoms with Crippen LogP contribution < -0.4 is 0 Å². The van der Waals surface area contributed by atoms with Crippen LogP contribution in [0.15, 0.2) is 72.9 Å². The monoisotopic (exact) mass is 1280 g/mol. The van der Waals surface area contributed by atoms with Gasteiger partial charge in [-0.15, -0.1) is 0 Å². The van der Waals surface area contributed by atoms with Crippen LogP contribution >= 0.6 is 0 Å². The number of ether oxygens (including phenoxy) is 4. The van der Waals surface area contributed by atoms with Crippen LogP contribution in [0, 0.1) is 0 Å². The van der Waals surface area contributed by atoms with Gasteiger partial charge in [-0.05, 0) is 64.2 Å². The molecular formula is C82H150NO8+. The van der Waals surface area contributed by atoms with Gasteiger partial charge in [-0.1, -0.05) is 369 Å². The number of hydrogen-bond acceptors (Lipinski definition) is 7. The summed E-state index contributed by atoms with van der Waals surface area (Å²) in [5, 5.41) is 9.76. The Kier molecular flexibility index (Phi) is 69.9. The van der Waals surface area contributed by atoms with Crippen molar-refractivity contribution < 1.29 is 42.9 Å². The van der Waals surface area contributed by atoms with Crippen molar-refractivity contribution in [2.24, 2.45) is 0 Å². The smallest absolute Gasteiger partial charge is 0.361 e. The second-order valence-corrected chi connectivity index (χ2v) is 27.7. The lowest BCUT2D eigenvalue weighted by Gasteiger charge is -2.25. The highest BCUT2D eigenvalue weighted by Gasteiger charge is 2.25. The summed E-state index contributed by atoms with van der Waals surface area (Å²) in [4.78, 5) is 37.7. The minimum Gasteiger partial charge on any atom is -0.477 e. The Hall–Kier alpha value is -3.27. The molecule has 9 heteroatoms. The van der Waals surface area contributed by atoms with E-state index in [1.54, 1.807) is 0 Å². The molecule has 1 N–H and O–H groups in total. The van der Waals surface area contributed by atoms with Crippen molar-refractivity contribution in [2.45, 2.75) is 386 Å². The first-order valence-electron chi connectivity index (χ1n) is 39.1. The number of unbranched alkanes of at least 4 members (excludes halogenated alkanes) is 46. The van der Waals surface area contributed by atoms with Gasteiger partial charge in [0.2, 0.25) is 0 Å². The van der Waals surface area contributed by atoms with E-state index in [4.69, 9.17) is 18.9 Å². The normalized spacial score (nSPS) is 13.0. The summed E-state index contributed by atoms with van der Waals surface area (Å²) in [5.41, 5.74) is 0. The second kappa shape index (κ2) is 72.6. The van der Waals surface area contributed by atoms with E-state index < -0.39 is 24.3 Å². The zero-order chi connectivity index (χ0) is 66.1. The molecule has 0 saturated heterocycles. The molecule has 0 heterocycles. The van der Waals surface area contributed by atoms with Gasteiger partial charge >= 0.3 is 17.9 Å². The number of carboxylic acid groups (broad SMARTS) is 1. The molecular weight excluding hydrogens is 1130 g/mol. The predicted octanol–water partition coefficient (Wildman–Crippen LogP) is 24.8. The molecule has 0 amide bonds. The number of carbonyl (C=O) groups is 3. The molecule has 0 aliphatic heterocycles.